The summed E-state index contributed by atoms with van der Waals surface area (Å²) in [4.78, 5) is 11.2. The third-order valence-electron chi connectivity index (χ3n) is 4.16. The van der Waals surface area contributed by atoms with Crippen molar-refractivity contribution in [1.29, 1.82) is 0 Å². The Labute approximate surface area is 148 Å². The molecule has 0 saturated carbocycles. The monoisotopic (exact) mass is 371 g/mol. The lowest BCUT2D eigenvalue weighted by Gasteiger charge is -2.18. The molecular formula is C17H20F3N3O3. The van der Waals surface area contributed by atoms with Crippen LogP contribution in [0.4, 0.5) is 13.2 Å². The number of aliphatic hydroxyl groups excluding tert-OH is 1. The molecule has 0 amide bonds. The van der Waals surface area contributed by atoms with E-state index in [9.17, 15) is 23.1 Å². The first-order chi connectivity index (χ1) is 12.2. The molecule has 0 aliphatic heterocycles. The molecular weight excluding hydrogens is 351 g/mol. The molecule has 1 aromatic carbocycles. The summed E-state index contributed by atoms with van der Waals surface area (Å²) >= 11 is 0. The number of carbonyl (C=O) groups is 1. The van der Waals surface area contributed by atoms with E-state index in [0.717, 1.165) is 6.07 Å². The first-order valence-corrected chi connectivity index (χ1v) is 8.16. The van der Waals surface area contributed by atoms with Gasteiger partial charge < -0.3 is 10.2 Å². The predicted molar refractivity (Wildman–Crippen MR) is 86.4 cm³/mol. The van der Waals surface area contributed by atoms with Gasteiger partial charge in [0.15, 0.2) is 0 Å². The van der Waals surface area contributed by atoms with Crippen molar-refractivity contribution < 1.29 is 28.2 Å². The lowest BCUT2D eigenvalue weighted by molar-refractivity contribution is -0.139. The second kappa shape index (κ2) is 8.31. The molecule has 6 nitrogen and oxygen atoms in total. The highest BCUT2D eigenvalue weighted by molar-refractivity contribution is 5.68. The van der Waals surface area contributed by atoms with E-state index in [4.69, 9.17) is 5.11 Å². The van der Waals surface area contributed by atoms with Crippen LogP contribution < -0.4 is 0 Å². The number of carboxylic acid groups (broad SMARTS) is 1. The van der Waals surface area contributed by atoms with Gasteiger partial charge in [-0.1, -0.05) is 17.3 Å². The van der Waals surface area contributed by atoms with E-state index in [1.165, 1.54) is 12.1 Å². The summed E-state index contributed by atoms with van der Waals surface area (Å²) in [5.41, 5.74) is -0.0325. The van der Waals surface area contributed by atoms with E-state index in [2.05, 4.69) is 10.3 Å². The number of aryl methyl sites for hydroxylation is 2. The summed E-state index contributed by atoms with van der Waals surface area (Å²) in [6.07, 6.45) is -2.20. The van der Waals surface area contributed by atoms with Crippen molar-refractivity contribution in [3.05, 3.63) is 46.8 Å². The van der Waals surface area contributed by atoms with Gasteiger partial charge in [-0.2, -0.15) is 13.2 Å². The number of halogens is 3. The third-order valence-corrected chi connectivity index (χ3v) is 4.16. The molecule has 1 heterocycles. The summed E-state index contributed by atoms with van der Waals surface area (Å²) in [6, 6.07) is 3.40. The number of nitrogens with zero attached hydrogens (tertiary/aromatic N) is 3. The lowest BCUT2D eigenvalue weighted by Crippen LogP contribution is -2.12. The number of aliphatic hydroxyl groups is 1. The van der Waals surface area contributed by atoms with Gasteiger partial charge in [-0.3, -0.25) is 9.48 Å². The Balaban J connectivity index is 2.23. The smallest absolute Gasteiger partial charge is 0.416 e. The van der Waals surface area contributed by atoms with Crippen molar-refractivity contribution in [2.24, 2.45) is 0 Å². The van der Waals surface area contributed by atoms with Crippen molar-refractivity contribution >= 4 is 5.97 Å². The van der Waals surface area contributed by atoms with Crippen LogP contribution in [0, 0.1) is 0 Å². The minimum absolute atomic E-state index is 0.224. The van der Waals surface area contributed by atoms with Crippen molar-refractivity contribution in [1.82, 2.24) is 15.0 Å². The molecule has 142 valence electrons. The fraction of sp³-hybridized carbons (Fsp3) is 0.471. The largest absolute Gasteiger partial charge is 0.481 e. The molecule has 0 saturated heterocycles. The van der Waals surface area contributed by atoms with E-state index in [1.807, 2.05) is 6.92 Å². The first-order valence-electron chi connectivity index (χ1n) is 8.16. The van der Waals surface area contributed by atoms with Gasteiger partial charge in [0.2, 0.25) is 0 Å². The summed E-state index contributed by atoms with van der Waals surface area (Å²) in [5, 5.41) is 26.3. The average molecular weight is 371 g/mol. The number of rotatable bonds is 8. The van der Waals surface area contributed by atoms with Crippen LogP contribution in [-0.4, -0.2) is 31.2 Å². The van der Waals surface area contributed by atoms with Crippen LogP contribution >= 0.6 is 0 Å². The highest BCUT2D eigenvalue weighted by Gasteiger charge is 2.33. The molecule has 0 spiro atoms. The van der Waals surface area contributed by atoms with Gasteiger partial charge in [-0.15, -0.1) is 5.10 Å². The van der Waals surface area contributed by atoms with Gasteiger partial charge in [-0.25, -0.2) is 0 Å². The number of benzene rings is 1. The minimum Gasteiger partial charge on any atom is -0.481 e. The molecule has 1 atom stereocenters. The van der Waals surface area contributed by atoms with Gasteiger partial charge >= 0.3 is 12.1 Å². The van der Waals surface area contributed by atoms with Crippen molar-refractivity contribution in [3.63, 3.8) is 0 Å². The lowest BCUT2D eigenvalue weighted by atomic mass is 9.88. The maximum Gasteiger partial charge on any atom is 0.416 e. The zero-order chi connectivity index (χ0) is 19.3. The molecule has 1 aromatic heterocycles. The molecule has 2 aromatic rings. The zero-order valence-corrected chi connectivity index (χ0v) is 14.2. The Morgan fingerprint density at radius 1 is 1.35 bits per heavy atom. The Bertz CT molecular complexity index is 759. The predicted octanol–water partition coefficient (Wildman–Crippen LogP) is 3.00. The maximum absolute atomic E-state index is 13.0. The third kappa shape index (κ3) is 5.04. The highest BCUT2D eigenvalue weighted by Crippen LogP contribution is 2.35. The molecule has 2 N–H and O–H groups in total. The Morgan fingerprint density at radius 2 is 2.08 bits per heavy atom. The Morgan fingerprint density at radius 3 is 2.62 bits per heavy atom. The topological polar surface area (TPSA) is 88.2 Å². The van der Waals surface area contributed by atoms with E-state index in [0.29, 0.717) is 30.6 Å². The van der Waals surface area contributed by atoms with Crippen LogP contribution in [-0.2, 0) is 30.5 Å². The van der Waals surface area contributed by atoms with Crippen molar-refractivity contribution in [3.8, 4) is 0 Å². The maximum atomic E-state index is 13.0. The van der Waals surface area contributed by atoms with Gasteiger partial charge in [0.1, 0.15) is 0 Å². The fourth-order valence-corrected chi connectivity index (χ4v) is 2.80. The zero-order valence-electron chi connectivity index (χ0n) is 14.2. The second-order valence-electron chi connectivity index (χ2n) is 5.97. The van der Waals surface area contributed by atoms with Crippen LogP contribution in [0.3, 0.4) is 0 Å². The summed E-state index contributed by atoms with van der Waals surface area (Å²) in [5.74, 6) is -1.54. The summed E-state index contributed by atoms with van der Waals surface area (Å²) in [6.45, 7) is 1.79. The van der Waals surface area contributed by atoms with E-state index in [1.54, 1.807) is 10.9 Å². The highest BCUT2D eigenvalue weighted by atomic mass is 19.4. The van der Waals surface area contributed by atoms with Gasteiger partial charge in [0, 0.05) is 12.7 Å². The Kier molecular flexibility index (Phi) is 6.36. The Hall–Kier alpha value is -2.42. The first kappa shape index (κ1) is 19.9. The van der Waals surface area contributed by atoms with E-state index in [-0.39, 0.29) is 12.0 Å². The van der Waals surface area contributed by atoms with E-state index < -0.39 is 30.2 Å². The second-order valence-corrected chi connectivity index (χ2v) is 5.97. The number of carboxylic acids is 1. The average Bonchev–Trinajstić information content (AvgIpc) is 3.05. The number of hydrogen-bond donors (Lipinski definition) is 2. The molecule has 0 bridgehead atoms. The molecule has 26 heavy (non-hydrogen) atoms. The molecule has 1 unspecified atom stereocenters. The molecule has 0 radical (unpaired) electrons. The molecule has 0 fully saturated rings. The minimum atomic E-state index is -4.57. The molecule has 0 aliphatic rings. The number of aliphatic carboxylic acids is 1. The number of aromatic nitrogens is 3. The van der Waals surface area contributed by atoms with Crippen LogP contribution in [0.15, 0.2) is 24.4 Å². The van der Waals surface area contributed by atoms with Crippen LogP contribution in [0.1, 0.15) is 48.1 Å². The van der Waals surface area contributed by atoms with Gasteiger partial charge in [0.25, 0.3) is 0 Å². The summed E-state index contributed by atoms with van der Waals surface area (Å²) < 4.78 is 40.5. The van der Waals surface area contributed by atoms with E-state index >= 15 is 0 Å². The molecule has 9 heteroatoms. The van der Waals surface area contributed by atoms with Gasteiger partial charge in [0.05, 0.1) is 24.3 Å². The van der Waals surface area contributed by atoms with Crippen molar-refractivity contribution in [2.75, 3.05) is 0 Å². The summed E-state index contributed by atoms with van der Waals surface area (Å²) in [7, 11) is 0. The fourth-order valence-electron chi connectivity index (χ4n) is 2.80. The van der Waals surface area contributed by atoms with Crippen molar-refractivity contribution in [2.45, 2.75) is 51.4 Å². The van der Waals surface area contributed by atoms with Crippen LogP contribution in [0.25, 0.3) is 0 Å². The standard InChI is InChI=1S/C17H20F3N3O3/c1-2-23-9-14(21-22-23)5-3-12(8-16(25)26)11-4-6-15(17(18,19)20)13(7-11)10-24/h4,6-7,9,12,24H,2-3,5,8,10H2,1H3,(H,25,26). The van der Waals surface area contributed by atoms with Crippen LogP contribution in [0.2, 0.25) is 0 Å². The van der Waals surface area contributed by atoms with Crippen LogP contribution in [0.5, 0.6) is 0 Å². The SMILES string of the molecule is CCn1cc(CCC(CC(=O)O)c2ccc(C(F)(F)F)c(CO)c2)nn1. The number of hydrogen-bond acceptors (Lipinski definition) is 4. The number of alkyl halides is 3. The molecule has 2 rings (SSSR count). The normalized spacial score (nSPS) is 13.0. The quantitative estimate of drug-likeness (QED) is 0.745. The molecule has 0 aliphatic carbocycles. The van der Waals surface area contributed by atoms with Gasteiger partial charge in [-0.05, 0) is 42.9 Å².